The Morgan fingerprint density at radius 1 is 0.963 bits per heavy atom. The smallest absolute Gasteiger partial charge is 0.227 e. The normalized spacial score (nSPS) is 29.0. The second-order valence-electron chi connectivity index (χ2n) is 8.58. The third-order valence-corrected chi connectivity index (χ3v) is 7.65. The number of likely N-dealkylation sites (tertiary alicyclic amines) is 2. The topological polar surface area (TPSA) is 23.6 Å². The van der Waals surface area contributed by atoms with Crippen molar-refractivity contribution in [3.8, 4) is 0 Å². The fraction of sp³-hybridized carbons (Fsp3) is 0.682. The van der Waals surface area contributed by atoms with Gasteiger partial charge in [0.05, 0.1) is 16.5 Å². The lowest BCUT2D eigenvalue weighted by Crippen LogP contribution is -2.56. The lowest BCUT2D eigenvalue weighted by molar-refractivity contribution is -0.138. The van der Waals surface area contributed by atoms with Crippen molar-refractivity contribution in [3.63, 3.8) is 0 Å². The monoisotopic (exact) mass is 408 g/mol. The molecule has 0 radical (unpaired) electrons. The molecule has 3 nitrogen and oxygen atoms in total. The van der Waals surface area contributed by atoms with Crippen LogP contribution in [0.25, 0.3) is 0 Å². The van der Waals surface area contributed by atoms with E-state index in [1.54, 1.807) is 6.07 Å². The molecule has 1 amide bonds. The van der Waals surface area contributed by atoms with Gasteiger partial charge in [0.1, 0.15) is 0 Å². The summed E-state index contributed by atoms with van der Waals surface area (Å²) in [5, 5.41) is 1.07. The number of nitrogens with zero attached hydrogens (tertiary/aromatic N) is 2. The predicted molar refractivity (Wildman–Crippen MR) is 111 cm³/mol. The highest BCUT2D eigenvalue weighted by Crippen LogP contribution is 2.40. The molecular weight excluding hydrogens is 379 g/mol. The standard InChI is InChI=1S/C22H30Cl2N2O/c23-19-8-7-16(13-20(19)24)14-22(27)26-12-9-17-5-1-2-6-18(17)21(26)15-25-10-3-4-11-25/h7-8,13,17-18,21H,1-6,9-12,14-15H2. The van der Waals surface area contributed by atoms with Crippen LogP contribution in [0.2, 0.25) is 10.0 Å². The van der Waals surface area contributed by atoms with Crippen LogP contribution < -0.4 is 0 Å². The van der Waals surface area contributed by atoms with Crippen LogP contribution in [-0.2, 0) is 11.2 Å². The Kier molecular flexibility index (Phi) is 6.31. The van der Waals surface area contributed by atoms with E-state index >= 15 is 0 Å². The van der Waals surface area contributed by atoms with Crippen LogP contribution in [-0.4, -0.2) is 47.9 Å². The van der Waals surface area contributed by atoms with Gasteiger partial charge in [0, 0.05) is 19.1 Å². The zero-order chi connectivity index (χ0) is 18.8. The van der Waals surface area contributed by atoms with Crippen LogP contribution in [0.5, 0.6) is 0 Å². The first kappa shape index (κ1) is 19.5. The molecule has 0 N–H and O–H groups in total. The summed E-state index contributed by atoms with van der Waals surface area (Å²) in [4.78, 5) is 18.1. The molecule has 1 saturated carbocycles. The van der Waals surface area contributed by atoms with Gasteiger partial charge in [0.2, 0.25) is 5.91 Å². The van der Waals surface area contributed by atoms with Gasteiger partial charge in [0.15, 0.2) is 0 Å². The van der Waals surface area contributed by atoms with Crippen LogP contribution in [0, 0.1) is 11.8 Å². The number of carbonyl (C=O) groups is 1. The van der Waals surface area contributed by atoms with Gasteiger partial charge >= 0.3 is 0 Å². The van der Waals surface area contributed by atoms with Gasteiger partial charge in [-0.25, -0.2) is 0 Å². The maximum absolute atomic E-state index is 13.3. The van der Waals surface area contributed by atoms with Crippen molar-refractivity contribution in [2.24, 2.45) is 11.8 Å². The Balaban J connectivity index is 1.50. The SMILES string of the molecule is O=C(Cc1ccc(Cl)c(Cl)c1)N1CCC2CCCCC2C1CN1CCCC1. The molecule has 4 rings (SSSR count). The van der Waals surface area contributed by atoms with Crippen LogP contribution >= 0.6 is 23.2 Å². The highest BCUT2D eigenvalue weighted by molar-refractivity contribution is 6.42. The maximum atomic E-state index is 13.3. The van der Waals surface area contributed by atoms with Gasteiger partial charge in [-0.3, -0.25) is 4.79 Å². The van der Waals surface area contributed by atoms with E-state index in [1.807, 2.05) is 12.1 Å². The summed E-state index contributed by atoms with van der Waals surface area (Å²) in [5.74, 6) is 1.76. The minimum Gasteiger partial charge on any atom is -0.338 e. The fourth-order valence-electron chi connectivity index (χ4n) is 5.50. The highest BCUT2D eigenvalue weighted by atomic mass is 35.5. The molecule has 5 heteroatoms. The number of amides is 1. The van der Waals surface area contributed by atoms with Crippen molar-refractivity contribution in [2.45, 2.75) is 57.4 Å². The Morgan fingerprint density at radius 3 is 2.52 bits per heavy atom. The molecular formula is C22H30Cl2N2O. The van der Waals surface area contributed by atoms with Gasteiger partial charge in [-0.15, -0.1) is 0 Å². The molecule has 1 aliphatic carbocycles. The molecule has 3 aliphatic rings. The van der Waals surface area contributed by atoms with Crippen LogP contribution in [0.3, 0.4) is 0 Å². The van der Waals surface area contributed by atoms with Crippen molar-refractivity contribution < 1.29 is 4.79 Å². The summed E-state index contributed by atoms with van der Waals surface area (Å²) in [5.41, 5.74) is 0.958. The second-order valence-corrected chi connectivity index (χ2v) is 9.40. The van der Waals surface area contributed by atoms with Gasteiger partial charge in [0.25, 0.3) is 0 Å². The van der Waals surface area contributed by atoms with Gasteiger partial charge in [-0.1, -0.05) is 48.5 Å². The van der Waals surface area contributed by atoms with E-state index in [9.17, 15) is 4.79 Å². The summed E-state index contributed by atoms with van der Waals surface area (Å²) in [7, 11) is 0. The van der Waals surface area contributed by atoms with Crippen molar-refractivity contribution >= 4 is 29.1 Å². The third kappa shape index (κ3) is 4.46. The molecule has 0 bridgehead atoms. The van der Waals surface area contributed by atoms with E-state index in [1.165, 1.54) is 58.0 Å². The zero-order valence-corrected chi connectivity index (χ0v) is 17.5. The second kappa shape index (κ2) is 8.71. The Labute approximate surface area is 173 Å². The minimum atomic E-state index is 0.251. The van der Waals surface area contributed by atoms with E-state index in [2.05, 4.69) is 9.80 Å². The first-order chi connectivity index (χ1) is 13.1. The molecule has 2 heterocycles. The van der Waals surface area contributed by atoms with Crippen molar-refractivity contribution in [1.29, 1.82) is 0 Å². The van der Waals surface area contributed by atoms with E-state index in [-0.39, 0.29) is 5.91 Å². The minimum absolute atomic E-state index is 0.251. The highest BCUT2D eigenvalue weighted by Gasteiger charge is 2.41. The van der Waals surface area contributed by atoms with Gasteiger partial charge in [-0.05, 0) is 68.3 Å². The number of benzene rings is 1. The van der Waals surface area contributed by atoms with Gasteiger partial charge in [-0.2, -0.15) is 0 Å². The van der Waals surface area contributed by atoms with Crippen molar-refractivity contribution in [3.05, 3.63) is 33.8 Å². The summed E-state index contributed by atoms with van der Waals surface area (Å²) in [6.45, 7) is 4.37. The molecule has 3 atom stereocenters. The predicted octanol–water partition coefficient (Wildman–Crippen LogP) is 5.04. The van der Waals surface area contributed by atoms with Crippen LogP contribution in [0.4, 0.5) is 0 Å². The Hall–Kier alpha value is -0.770. The average molecular weight is 409 g/mol. The summed E-state index contributed by atoms with van der Waals surface area (Å²) < 4.78 is 0. The van der Waals surface area contributed by atoms with Crippen LogP contribution in [0.15, 0.2) is 18.2 Å². The number of carbonyl (C=O) groups excluding carboxylic acids is 1. The fourth-order valence-corrected chi connectivity index (χ4v) is 5.82. The molecule has 3 unspecified atom stereocenters. The molecule has 0 spiro atoms. The maximum Gasteiger partial charge on any atom is 0.227 e. The Bertz CT molecular complexity index is 674. The molecule has 2 saturated heterocycles. The number of hydrogen-bond donors (Lipinski definition) is 0. The number of rotatable bonds is 4. The Morgan fingerprint density at radius 2 is 1.74 bits per heavy atom. The van der Waals surface area contributed by atoms with E-state index < -0.39 is 0 Å². The third-order valence-electron chi connectivity index (χ3n) is 6.91. The lowest BCUT2D eigenvalue weighted by atomic mass is 9.70. The molecule has 27 heavy (non-hydrogen) atoms. The summed E-state index contributed by atoms with van der Waals surface area (Å²) >= 11 is 12.2. The molecule has 1 aromatic carbocycles. The number of fused-ring (bicyclic) bond motifs is 1. The quantitative estimate of drug-likeness (QED) is 0.696. The van der Waals surface area contributed by atoms with E-state index in [4.69, 9.17) is 23.2 Å². The summed E-state index contributed by atoms with van der Waals surface area (Å²) in [6, 6.07) is 5.94. The average Bonchev–Trinajstić information content (AvgIpc) is 3.18. The van der Waals surface area contributed by atoms with Crippen LogP contribution in [0.1, 0.15) is 50.5 Å². The van der Waals surface area contributed by atoms with Crippen molar-refractivity contribution in [1.82, 2.24) is 9.80 Å². The zero-order valence-electron chi connectivity index (χ0n) is 16.0. The molecule has 1 aromatic rings. The molecule has 3 fully saturated rings. The van der Waals surface area contributed by atoms with E-state index in [0.717, 1.165) is 24.6 Å². The molecule has 148 valence electrons. The number of halogens is 2. The van der Waals surface area contributed by atoms with Crippen molar-refractivity contribution in [2.75, 3.05) is 26.2 Å². The number of piperidine rings is 1. The number of hydrogen-bond acceptors (Lipinski definition) is 2. The van der Waals surface area contributed by atoms with E-state index in [0.29, 0.717) is 28.4 Å². The first-order valence-electron chi connectivity index (χ1n) is 10.6. The largest absolute Gasteiger partial charge is 0.338 e. The molecule has 2 aliphatic heterocycles. The first-order valence-corrected chi connectivity index (χ1v) is 11.3. The lowest BCUT2D eigenvalue weighted by Gasteiger charge is -2.49. The molecule has 0 aromatic heterocycles. The summed E-state index contributed by atoms with van der Waals surface area (Å²) in [6.07, 6.45) is 9.55. The van der Waals surface area contributed by atoms with Gasteiger partial charge < -0.3 is 9.80 Å².